The molecule has 2 unspecified atom stereocenters. The monoisotopic (exact) mass is 230 g/mol. The van der Waals surface area contributed by atoms with Gasteiger partial charge >= 0.3 is 0 Å². The Kier molecular flexibility index (Phi) is 2.61. The predicted molar refractivity (Wildman–Crippen MR) is 67.6 cm³/mol. The van der Waals surface area contributed by atoms with Crippen LogP contribution >= 0.6 is 0 Å². The number of pyridine rings is 1. The summed E-state index contributed by atoms with van der Waals surface area (Å²) >= 11 is 0. The first kappa shape index (κ1) is 10.7. The Bertz CT molecular complexity index is 476. The SMILES string of the molecule is CC1CN(Cc2cn3ccccc3n2)CC1N. The van der Waals surface area contributed by atoms with Crippen LogP contribution in [0.3, 0.4) is 0 Å². The van der Waals surface area contributed by atoms with Gasteiger partial charge in [0.2, 0.25) is 0 Å². The van der Waals surface area contributed by atoms with E-state index >= 15 is 0 Å². The van der Waals surface area contributed by atoms with Crippen LogP contribution in [0.2, 0.25) is 0 Å². The number of imidazole rings is 1. The van der Waals surface area contributed by atoms with Gasteiger partial charge in [-0.25, -0.2) is 4.98 Å². The smallest absolute Gasteiger partial charge is 0.137 e. The molecule has 1 aliphatic rings. The van der Waals surface area contributed by atoms with Gasteiger partial charge in [0.05, 0.1) is 5.69 Å². The molecule has 2 aromatic heterocycles. The number of nitrogens with zero attached hydrogens (tertiary/aromatic N) is 3. The number of fused-ring (bicyclic) bond motifs is 1. The van der Waals surface area contributed by atoms with Crippen molar-refractivity contribution in [2.75, 3.05) is 13.1 Å². The van der Waals surface area contributed by atoms with E-state index in [1.165, 1.54) is 0 Å². The summed E-state index contributed by atoms with van der Waals surface area (Å²) in [7, 11) is 0. The fourth-order valence-corrected chi connectivity index (χ4v) is 2.52. The molecule has 1 aliphatic heterocycles. The highest BCUT2D eigenvalue weighted by atomic mass is 15.2. The highest BCUT2D eigenvalue weighted by Crippen LogP contribution is 2.17. The van der Waals surface area contributed by atoms with E-state index in [4.69, 9.17) is 5.73 Å². The number of rotatable bonds is 2. The van der Waals surface area contributed by atoms with E-state index in [0.29, 0.717) is 12.0 Å². The van der Waals surface area contributed by atoms with Gasteiger partial charge in [-0.05, 0) is 18.1 Å². The summed E-state index contributed by atoms with van der Waals surface area (Å²) in [5.41, 5.74) is 8.17. The van der Waals surface area contributed by atoms with Gasteiger partial charge in [0.25, 0.3) is 0 Å². The average Bonchev–Trinajstić information content (AvgIpc) is 2.83. The largest absolute Gasteiger partial charge is 0.326 e. The lowest BCUT2D eigenvalue weighted by atomic mass is 10.1. The highest BCUT2D eigenvalue weighted by Gasteiger charge is 2.26. The third-order valence-corrected chi connectivity index (χ3v) is 3.55. The Balaban J connectivity index is 1.77. The maximum Gasteiger partial charge on any atom is 0.137 e. The molecule has 0 radical (unpaired) electrons. The first-order chi connectivity index (χ1) is 8.22. The second-order valence-corrected chi connectivity index (χ2v) is 5.03. The number of likely N-dealkylation sites (tertiary alicyclic amines) is 1. The van der Waals surface area contributed by atoms with Gasteiger partial charge < -0.3 is 10.1 Å². The van der Waals surface area contributed by atoms with E-state index in [0.717, 1.165) is 31.0 Å². The normalized spacial score (nSPS) is 25.8. The van der Waals surface area contributed by atoms with Crippen molar-refractivity contribution < 1.29 is 0 Å². The minimum atomic E-state index is 0.312. The van der Waals surface area contributed by atoms with E-state index in [2.05, 4.69) is 27.4 Å². The van der Waals surface area contributed by atoms with Crippen LogP contribution in [-0.2, 0) is 6.54 Å². The molecule has 90 valence electrons. The molecule has 1 saturated heterocycles. The Morgan fingerprint density at radius 2 is 2.29 bits per heavy atom. The van der Waals surface area contributed by atoms with Crippen molar-refractivity contribution in [3.05, 3.63) is 36.3 Å². The van der Waals surface area contributed by atoms with Crippen molar-refractivity contribution in [1.82, 2.24) is 14.3 Å². The molecule has 0 spiro atoms. The van der Waals surface area contributed by atoms with Crippen LogP contribution in [0.1, 0.15) is 12.6 Å². The summed E-state index contributed by atoms with van der Waals surface area (Å²) < 4.78 is 2.06. The van der Waals surface area contributed by atoms with Gasteiger partial charge in [0.15, 0.2) is 0 Å². The first-order valence-corrected chi connectivity index (χ1v) is 6.13. The number of nitrogens with two attached hydrogens (primary N) is 1. The van der Waals surface area contributed by atoms with Crippen LogP contribution in [0.15, 0.2) is 30.6 Å². The van der Waals surface area contributed by atoms with E-state index in [1.807, 2.05) is 24.4 Å². The first-order valence-electron chi connectivity index (χ1n) is 6.13. The molecule has 4 nitrogen and oxygen atoms in total. The summed E-state index contributed by atoms with van der Waals surface area (Å²) in [5.74, 6) is 0.590. The maximum atomic E-state index is 6.03. The molecule has 0 aliphatic carbocycles. The molecule has 3 heterocycles. The van der Waals surface area contributed by atoms with E-state index < -0.39 is 0 Å². The van der Waals surface area contributed by atoms with Crippen LogP contribution in [0.5, 0.6) is 0 Å². The fourth-order valence-electron chi connectivity index (χ4n) is 2.52. The zero-order valence-electron chi connectivity index (χ0n) is 10.1. The number of hydrogen-bond acceptors (Lipinski definition) is 3. The van der Waals surface area contributed by atoms with Crippen molar-refractivity contribution in [1.29, 1.82) is 0 Å². The lowest BCUT2D eigenvalue weighted by Gasteiger charge is -2.12. The van der Waals surface area contributed by atoms with Gasteiger partial charge in [-0.2, -0.15) is 0 Å². The van der Waals surface area contributed by atoms with Crippen LogP contribution in [0, 0.1) is 5.92 Å². The Hall–Kier alpha value is -1.39. The fraction of sp³-hybridized carbons (Fsp3) is 0.462. The quantitative estimate of drug-likeness (QED) is 0.840. The molecule has 2 aromatic rings. The van der Waals surface area contributed by atoms with Gasteiger partial charge in [-0.15, -0.1) is 0 Å². The molecule has 4 heteroatoms. The van der Waals surface area contributed by atoms with Gasteiger partial charge in [-0.3, -0.25) is 4.90 Å². The Morgan fingerprint density at radius 1 is 1.41 bits per heavy atom. The zero-order chi connectivity index (χ0) is 11.8. The second kappa shape index (κ2) is 4.13. The Morgan fingerprint density at radius 3 is 3.00 bits per heavy atom. The zero-order valence-corrected chi connectivity index (χ0v) is 10.1. The van der Waals surface area contributed by atoms with Crippen LogP contribution in [0.25, 0.3) is 5.65 Å². The van der Waals surface area contributed by atoms with Gasteiger partial charge in [0, 0.05) is 38.1 Å². The third-order valence-electron chi connectivity index (χ3n) is 3.55. The summed E-state index contributed by atoms with van der Waals surface area (Å²) in [6, 6.07) is 6.38. The van der Waals surface area contributed by atoms with Crippen molar-refractivity contribution >= 4 is 5.65 Å². The summed E-state index contributed by atoms with van der Waals surface area (Å²) in [5, 5.41) is 0. The molecule has 3 rings (SSSR count). The summed E-state index contributed by atoms with van der Waals surface area (Å²) in [6.07, 6.45) is 4.13. The van der Waals surface area contributed by atoms with Crippen molar-refractivity contribution in [2.45, 2.75) is 19.5 Å². The number of aromatic nitrogens is 2. The summed E-state index contributed by atoms with van der Waals surface area (Å²) in [4.78, 5) is 6.99. The van der Waals surface area contributed by atoms with E-state index in [-0.39, 0.29) is 0 Å². The molecule has 2 N–H and O–H groups in total. The number of hydrogen-bond donors (Lipinski definition) is 1. The van der Waals surface area contributed by atoms with Crippen LogP contribution in [-0.4, -0.2) is 33.4 Å². The van der Waals surface area contributed by atoms with Crippen molar-refractivity contribution in [3.63, 3.8) is 0 Å². The molecule has 0 aromatic carbocycles. The predicted octanol–water partition coefficient (Wildman–Crippen LogP) is 1.11. The molecule has 1 fully saturated rings. The van der Waals surface area contributed by atoms with Gasteiger partial charge in [0.1, 0.15) is 5.65 Å². The standard InChI is InChI=1S/C13H18N4/c1-10-6-16(9-12(10)14)7-11-8-17-5-3-2-4-13(17)15-11/h2-5,8,10,12H,6-7,9,14H2,1H3. The minimum absolute atomic E-state index is 0.312. The minimum Gasteiger partial charge on any atom is -0.326 e. The van der Waals surface area contributed by atoms with Crippen LogP contribution in [0.4, 0.5) is 0 Å². The van der Waals surface area contributed by atoms with Crippen LogP contribution < -0.4 is 5.73 Å². The molecule has 2 atom stereocenters. The second-order valence-electron chi connectivity index (χ2n) is 5.03. The van der Waals surface area contributed by atoms with E-state index in [9.17, 15) is 0 Å². The molecule has 0 amide bonds. The van der Waals surface area contributed by atoms with Crippen molar-refractivity contribution in [2.24, 2.45) is 11.7 Å². The molecule has 0 bridgehead atoms. The lowest BCUT2D eigenvalue weighted by molar-refractivity contribution is 0.315. The highest BCUT2D eigenvalue weighted by molar-refractivity contribution is 5.39. The average molecular weight is 230 g/mol. The summed E-state index contributed by atoms with van der Waals surface area (Å²) in [6.45, 7) is 5.18. The Labute approximate surface area is 101 Å². The molecular weight excluding hydrogens is 212 g/mol. The van der Waals surface area contributed by atoms with E-state index in [1.54, 1.807) is 0 Å². The van der Waals surface area contributed by atoms with Gasteiger partial charge in [-0.1, -0.05) is 13.0 Å². The maximum absolute atomic E-state index is 6.03. The topological polar surface area (TPSA) is 46.6 Å². The third kappa shape index (κ3) is 2.06. The lowest BCUT2D eigenvalue weighted by Crippen LogP contribution is -2.28. The molecule has 17 heavy (non-hydrogen) atoms. The molecule has 0 saturated carbocycles. The van der Waals surface area contributed by atoms with Crippen molar-refractivity contribution in [3.8, 4) is 0 Å². The molecular formula is C13H18N4.